The molecule has 0 aliphatic rings. The quantitative estimate of drug-likeness (QED) is 0.729. The van der Waals surface area contributed by atoms with Crippen LogP contribution in [-0.4, -0.2) is 4.98 Å². The minimum absolute atomic E-state index is 0.0466. The van der Waals surface area contributed by atoms with Gasteiger partial charge in [0.2, 0.25) is 0 Å². The number of nitrogens with zero attached hydrogens (tertiary/aromatic N) is 3. The molecule has 0 spiro atoms. The van der Waals surface area contributed by atoms with Crippen molar-refractivity contribution in [2.24, 2.45) is 0 Å². The van der Waals surface area contributed by atoms with Crippen LogP contribution in [0.3, 0.4) is 0 Å². The van der Waals surface area contributed by atoms with E-state index >= 15 is 0 Å². The van der Waals surface area contributed by atoms with Crippen molar-refractivity contribution in [1.29, 1.82) is 5.26 Å². The minimum atomic E-state index is 0.0466. The Morgan fingerprint density at radius 1 is 1.44 bits per heavy atom. The van der Waals surface area contributed by atoms with Crippen molar-refractivity contribution in [2.45, 2.75) is 6.92 Å². The number of thiazole rings is 1. The van der Waals surface area contributed by atoms with Gasteiger partial charge in [-0.05, 0) is 6.92 Å². The van der Waals surface area contributed by atoms with Gasteiger partial charge < -0.3 is 0 Å². The van der Waals surface area contributed by atoms with Gasteiger partial charge in [-0.15, -0.1) is 11.3 Å². The fourth-order valence-electron chi connectivity index (χ4n) is 1.55. The van der Waals surface area contributed by atoms with E-state index in [2.05, 4.69) is 9.83 Å². The Balaban J connectivity index is 2.78. The van der Waals surface area contributed by atoms with E-state index in [1.54, 1.807) is 0 Å². The summed E-state index contributed by atoms with van der Waals surface area (Å²) in [7, 11) is 0. The lowest BCUT2D eigenvalue weighted by molar-refractivity contribution is 1.33. The Bertz CT molecular complexity index is 742. The summed E-state index contributed by atoms with van der Waals surface area (Å²) in [5, 5.41) is 8.88. The molecule has 0 saturated heterocycles. The molecule has 1 heterocycles. The molecule has 0 amide bonds. The van der Waals surface area contributed by atoms with Crippen LogP contribution in [0.25, 0.3) is 27.9 Å². The average Bonchev–Trinajstić information content (AvgIpc) is 2.85. The highest BCUT2D eigenvalue weighted by Crippen LogP contribution is 2.12. The molecule has 0 aliphatic heterocycles. The zero-order valence-corrected chi connectivity index (χ0v) is 10.5. The molecule has 1 aromatic carbocycles. The smallest absolute Gasteiger partial charge is 0.247 e. The number of benzene rings is 1. The Kier molecular flexibility index (Phi) is 3.52. The van der Waals surface area contributed by atoms with Gasteiger partial charge >= 0.3 is 0 Å². The van der Waals surface area contributed by atoms with Crippen LogP contribution in [0.4, 0.5) is 0 Å². The van der Waals surface area contributed by atoms with Gasteiger partial charge in [-0.2, -0.15) is 0 Å². The molecule has 0 fully saturated rings. The molecular weight excluding hydrogens is 242 g/mol. The molecule has 0 N–H and O–H groups in total. The number of aromatic nitrogens is 1. The van der Waals surface area contributed by atoms with Gasteiger partial charge in [0, 0.05) is 10.1 Å². The van der Waals surface area contributed by atoms with Crippen LogP contribution in [0.15, 0.2) is 30.3 Å². The molecule has 0 unspecified atom stereocenters. The van der Waals surface area contributed by atoms with Crippen molar-refractivity contribution < 1.29 is 0 Å². The van der Waals surface area contributed by atoms with Crippen LogP contribution in [0, 0.1) is 17.9 Å². The third-order valence-corrected chi connectivity index (χ3v) is 3.51. The highest BCUT2D eigenvalue weighted by molar-refractivity contribution is 7.07. The third kappa shape index (κ3) is 2.15. The fraction of sp³-hybridized carbons (Fsp3) is 0.0714. The van der Waals surface area contributed by atoms with Crippen LogP contribution in [0.2, 0.25) is 0 Å². The summed E-state index contributed by atoms with van der Waals surface area (Å²) < 4.78 is 1.46. The molecule has 3 nitrogen and oxygen atoms in total. The van der Waals surface area contributed by atoms with E-state index in [0.29, 0.717) is 4.66 Å². The van der Waals surface area contributed by atoms with E-state index in [-0.39, 0.29) is 5.70 Å². The Morgan fingerprint density at radius 3 is 2.72 bits per heavy atom. The second-order valence-corrected chi connectivity index (χ2v) is 4.49. The highest BCUT2D eigenvalue weighted by Gasteiger charge is 2.06. The highest BCUT2D eigenvalue weighted by atomic mass is 32.1. The SMILES string of the molecule is [C-]#[N+]/C(C#N)=c1/nc(-c2ccccc2)/c(=C/C)s1. The van der Waals surface area contributed by atoms with Gasteiger partial charge in [-0.1, -0.05) is 36.4 Å². The lowest BCUT2D eigenvalue weighted by Gasteiger charge is -1.94. The summed E-state index contributed by atoms with van der Waals surface area (Å²) in [5.41, 5.74) is 1.87. The molecule has 2 aromatic rings. The normalized spacial score (nSPS) is 12.7. The van der Waals surface area contributed by atoms with Crippen molar-refractivity contribution in [3.63, 3.8) is 0 Å². The largest absolute Gasteiger partial charge is 0.296 e. The molecule has 0 radical (unpaired) electrons. The van der Waals surface area contributed by atoms with Gasteiger partial charge in [0.25, 0.3) is 5.70 Å². The van der Waals surface area contributed by atoms with Crippen LogP contribution >= 0.6 is 11.3 Å². The summed E-state index contributed by atoms with van der Waals surface area (Å²) in [6.45, 7) is 8.88. The van der Waals surface area contributed by atoms with Crippen LogP contribution in [-0.2, 0) is 0 Å². The Hall–Kier alpha value is -2.43. The summed E-state index contributed by atoms with van der Waals surface area (Å²) in [6.07, 6.45) is 1.95. The maximum Gasteiger partial charge on any atom is 0.296 e. The summed E-state index contributed by atoms with van der Waals surface area (Å²) in [4.78, 5) is 7.61. The van der Waals surface area contributed by atoms with E-state index < -0.39 is 0 Å². The first-order valence-electron chi connectivity index (χ1n) is 5.30. The predicted octanol–water partition coefficient (Wildman–Crippen LogP) is 2.16. The number of nitriles is 1. The van der Waals surface area contributed by atoms with Crippen molar-refractivity contribution in [3.05, 3.63) is 50.9 Å². The van der Waals surface area contributed by atoms with Gasteiger partial charge in [-0.3, -0.25) is 0 Å². The van der Waals surface area contributed by atoms with E-state index in [0.717, 1.165) is 15.8 Å². The second kappa shape index (κ2) is 5.27. The molecule has 4 heteroatoms. The van der Waals surface area contributed by atoms with Gasteiger partial charge in [0.15, 0.2) is 0 Å². The molecule has 0 saturated carbocycles. The fourth-order valence-corrected chi connectivity index (χ4v) is 2.46. The average molecular weight is 251 g/mol. The van der Waals surface area contributed by atoms with E-state index in [4.69, 9.17) is 11.8 Å². The molecule has 0 atom stereocenters. The molecule has 18 heavy (non-hydrogen) atoms. The summed E-state index contributed by atoms with van der Waals surface area (Å²) >= 11 is 1.37. The molecule has 2 rings (SSSR count). The van der Waals surface area contributed by atoms with E-state index in [1.165, 1.54) is 11.3 Å². The first-order valence-corrected chi connectivity index (χ1v) is 6.12. The second-order valence-electron chi connectivity index (χ2n) is 3.46. The maximum absolute atomic E-state index is 8.88. The number of hydrogen-bond acceptors (Lipinski definition) is 3. The standard InChI is InChI=1S/C14H9N3S/c1-3-12-13(10-7-5-4-6-8-10)17-14(18-12)11(9-15)16-2/h3-8H,1H3/b12-3-,14-11-. The Morgan fingerprint density at radius 2 is 2.17 bits per heavy atom. The third-order valence-electron chi connectivity index (χ3n) is 2.38. The molecule has 0 aliphatic carbocycles. The molecule has 0 bridgehead atoms. The van der Waals surface area contributed by atoms with E-state index in [1.807, 2.05) is 49.4 Å². The summed E-state index contributed by atoms with van der Waals surface area (Å²) in [6, 6.07) is 11.6. The van der Waals surface area contributed by atoms with Crippen molar-refractivity contribution in [3.8, 4) is 17.3 Å². The molecular formula is C14H9N3S. The van der Waals surface area contributed by atoms with Crippen LogP contribution in [0.1, 0.15) is 6.92 Å². The lowest BCUT2D eigenvalue weighted by Crippen LogP contribution is -2.00. The number of hydrogen-bond donors (Lipinski definition) is 0. The van der Waals surface area contributed by atoms with Crippen molar-refractivity contribution in [2.75, 3.05) is 0 Å². The number of rotatable bonds is 1. The lowest BCUT2D eigenvalue weighted by atomic mass is 10.1. The van der Waals surface area contributed by atoms with Crippen LogP contribution in [0.5, 0.6) is 0 Å². The molecule has 1 aromatic heterocycles. The molecule has 86 valence electrons. The topological polar surface area (TPSA) is 41.0 Å². The zero-order chi connectivity index (χ0) is 13.0. The Labute approximate surface area is 109 Å². The van der Waals surface area contributed by atoms with Gasteiger partial charge in [0.05, 0.1) is 18.3 Å². The first-order chi connectivity index (χ1) is 8.80. The summed E-state index contributed by atoms with van der Waals surface area (Å²) in [5.74, 6) is 0. The van der Waals surface area contributed by atoms with Crippen molar-refractivity contribution in [1.82, 2.24) is 4.98 Å². The zero-order valence-electron chi connectivity index (χ0n) is 9.71. The maximum atomic E-state index is 8.88. The predicted molar refractivity (Wildman–Crippen MR) is 72.6 cm³/mol. The van der Waals surface area contributed by atoms with E-state index in [9.17, 15) is 0 Å². The monoisotopic (exact) mass is 251 g/mol. The van der Waals surface area contributed by atoms with Crippen LogP contribution < -0.4 is 9.20 Å². The van der Waals surface area contributed by atoms with Gasteiger partial charge in [0.1, 0.15) is 4.66 Å². The van der Waals surface area contributed by atoms with Crippen molar-refractivity contribution >= 4 is 23.1 Å². The minimum Gasteiger partial charge on any atom is -0.247 e. The first kappa shape index (κ1) is 12.0. The van der Waals surface area contributed by atoms with Gasteiger partial charge in [-0.25, -0.2) is 15.1 Å².